The summed E-state index contributed by atoms with van der Waals surface area (Å²) in [5.41, 5.74) is 1.51. The minimum atomic E-state index is -0.651. The van der Waals surface area contributed by atoms with Gasteiger partial charge in [-0.3, -0.25) is 14.4 Å². The van der Waals surface area contributed by atoms with Crippen LogP contribution in [0, 0.1) is 0 Å². The van der Waals surface area contributed by atoms with Crippen molar-refractivity contribution < 1.29 is 14.4 Å². The zero-order valence-corrected chi connectivity index (χ0v) is 14.6. The largest absolute Gasteiger partial charge is 0.378 e. The predicted octanol–water partition coefficient (Wildman–Crippen LogP) is 0.172. The van der Waals surface area contributed by atoms with Crippen LogP contribution in [-0.4, -0.2) is 74.3 Å². The van der Waals surface area contributed by atoms with E-state index in [9.17, 15) is 14.4 Å². The average Bonchev–Trinajstić information content (AvgIpc) is 2.59. The Morgan fingerprint density at radius 2 is 1.92 bits per heavy atom. The fourth-order valence-corrected chi connectivity index (χ4v) is 2.83. The Morgan fingerprint density at radius 3 is 2.50 bits per heavy atom. The smallest absolute Gasteiger partial charge is 0.254 e. The summed E-state index contributed by atoms with van der Waals surface area (Å²) in [6, 6.07) is 6.71. The van der Waals surface area contributed by atoms with Crippen LogP contribution in [0.5, 0.6) is 0 Å². The van der Waals surface area contributed by atoms with Crippen molar-refractivity contribution in [2.24, 2.45) is 0 Å². The van der Waals surface area contributed by atoms with Crippen LogP contribution in [0.2, 0.25) is 0 Å². The quantitative estimate of drug-likeness (QED) is 0.856. The summed E-state index contributed by atoms with van der Waals surface area (Å²) in [5, 5.41) is 2.57. The Kier molecular flexibility index (Phi) is 5.43. The maximum atomic E-state index is 12.8. The molecule has 7 nitrogen and oxygen atoms in total. The third-order valence-electron chi connectivity index (χ3n) is 4.23. The van der Waals surface area contributed by atoms with Gasteiger partial charge in [0.25, 0.3) is 5.91 Å². The van der Waals surface area contributed by atoms with E-state index in [2.05, 4.69) is 5.32 Å². The van der Waals surface area contributed by atoms with Crippen molar-refractivity contribution in [3.8, 4) is 0 Å². The van der Waals surface area contributed by atoms with E-state index in [1.165, 1.54) is 18.9 Å². The minimum Gasteiger partial charge on any atom is -0.378 e. The Morgan fingerprint density at radius 1 is 1.21 bits per heavy atom. The summed E-state index contributed by atoms with van der Waals surface area (Å²) in [6.07, 6.45) is 0. The van der Waals surface area contributed by atoms with E-state index >= 15 is 0 Å². The maximum absolute atomic E-state index is 12.8. The van der Waals surface area contributed by atoms with Gasteiger partial charge in [-0.2, -0.15) is 0 Å². The number of anilines is 1. The number of hydrogen-bond acceptors (Lipinski definition) is 4. The third kappa shape index (κ3) is 3.67. The van der Waals surface area contributed by atoms with Crippen LogP contribution in [0.25, 0.3) is 0 Å². The molecular weight excluding hydrogens is 308 g/mol. The van der Waals surface area contributed by atoms with Crippen molar-refractivity contribution in [1.29, 1.82) is 0 Å². The number of amides is 3. The van der Waals surface area contributed by atoms with Crippen molar-refractivity contribution >= 4 is 23.4 Å². The standard InChI is InChI=1S/C17H24N4O3/c1-12(22)21-9-8-20(11-15(21)16(23)18-2)17(24)13-6-5-7-14(10-13)19(3)4/h5-7,10,15H,8-9,11H2,1-4H3,(H,18,23). The fraction of sp³-hybridized carbons (Fsp3) is 0.471. The van der Waals surface area contributed by atoms with Gasteiger partial charge >= 0.3 is 0 Å². The SMILES string of the molecule is CNC(=O)C1CN(C(=O)c2cccc(N(C)C)c2)CCN1C(C)=O. The lowest BCUT2D eigenvalue weighted by molar-refractivity contribution is -0.141. The highest BCUT2D eigenvalue weighted by molar-refractivity contribution is 5.96. The van der Waals surface area contributed by atoms with Crippen LogP contribution in [0.1, 0.15) is 17.3 Å². The molecule has 2 rings (SSSR count). The summed E-state index contributed by atoms with van der Waals surface area (Å²) < 4.78 is 0. The molecule has 1 fully saturated rings. The van der Waals surface area contributed by atoms with Gasteiger partial charge in [0.1, 0.15) is 6.04 Å². The van der Waals surface area contributed by atoms with E-state index in [0.29, 0.717) is 18.7 Å². The number of benzene rings is 1. The summed E-state index contributed by atoms with van der Waals surface area (Å²) in [7, 11) is 5.36. The van der Waals surface area contributed by atoms with Gasteiger partial charge in [0, 0.05) is 52.4 Å². The Hall–Kier alpha value is -2.57. The first-order valence-corrected chi connectivity index (χ1v) is 7.90. The molecule has 1 unspecified atom stereocenters. The fourth-order valence-electron chi connectivity index (χ4n) is 2.83. The molecule has 130 valence electrons. The number of nitrogens with zero attached hydrogens (tertiary/aromatic N) is 3. The third-order valence-corrected chi connectivity index (χ3v) is 4.23. The molecule has 1 aliphatic heterocycles. The Labute approximate surface area is 142 Å². The van der Waals surface area contributed by atoms with E-state index in [0.717, 1.165) is 5.69 Å². The molecule has 1 N–H and O–H groups in total. The van der Waals surface area contributed by atoms with Gasteiger partial charge in [-0.15, -0.1) is 0 Å². The lowest BCUT2D eigenvalue weighted by Gasteiger charge is -2.40. The van der Waals surface area contributed by atoms with Crippen LogP contribution in [0.4, 0.5) is 5.69 Å². The molecule has 7 heteroatoms. The molecule has 1 saturated heterocycles. The van der Waals surface area contributed by atoms with Gasteiger partial charge in [0.2, 0.25) is 11.8 Å². The number of likely N-dealkylation sites (N-methyl/N-ethyl adjacent to an activating group) is 1. The maximum Gasteiger partial charge on any atom is 0.254 e. The first kappa shape index (κ1) is 17.8. The van der Waals surface area contributed by atoms with Gasteiger partial charge in [0.15, 0.2) is 0 Å². The van der Waals surface area contributed by atoms with E-state index in [-0.39, 0.29) is 24.3 Å². The molecular formula is C17H24N4O3. The highest BCUT2D eigenvalue weighted by atomic mass is 16.2. The highest BCUT2D eigenvalue weighted by Crippen LogP contribution is 2.18. The second kappa shape index (κ2) is 7.33. The molecule has 0 aromatic heterocycles. The van der Waals surface area contributed by atoms with E-state index in [1.54, 1.807) is 11.0 Å². The van der Waals surface area contributed by atoms with Gasteiger partial charge in [0.05, 0.1) is 6.54 Å². The normalized spacial score (nSPS) is 17.4. The summed E-state index contributed by atoms with van der Waals surface area (Å²) in [5.74, 6) is -0.550. The lowest BCUT2D eigenvalue weighted by Crippen LogP contribution is -2.60. The number of rotatable bonds is 3. The molecule has 0 aliphatic carbocycles. The first-order valence-electron chi connectivity index (χ1n) is 7.90. The molecule has 0 radical (unpaired) electrons. The zero-order valence-electron chi connectivity index (χ0n) is 14.6. The predicted molar refractivity (Wildman–Crippen MR) is 91.9 cm³/mol. The molecule has 1 aromatic rings. The molecule has 0 spiro atoms. The van der Waals surface area contributed by atoms with Crippen molar-refractivity contribution in [3.05, 3.63) is 29.8 Å². The van der Waals surface area contributed by atoms with E-state index in [1.807, 2.05) is 37.2 Å². The number of hydrogen-bond donors (Lipinski definition) is 1. The number of nitrogens with one attached hydrogen (secondary N) is 1. The van der Waals surface area contributed by atoms with Crippen molar-refractivity contribution in [2.45, 2.75) is 13.0 Å². The van der Waals surface area contributed by atoms with Crippen molar-refractivity contribution in [3.63, 3.8) is 0 Å². The molecule has 1 aliphatic rings. The summed E-state index contributed by atoms with van der Waals surface area (Å²) >= 11 is 0. The molecule has 1 aromatic carbocycles. The topological polar surface area (TPSA) is 73.0 Å². The van der Waals surface area contributed by atoms with E-state index < -0.39 is 6.04 Å². The first-order chi connectivity index (χ1) is 11.3. The molecule has 1 atom stereocenters. The van der Waals surface area contributed by atoms with Crippen molar-refractivity contribution in [1.82, 2.24) is 15.1 Å². The van der Waals surface area contributed by atoms with Gasteiger partial charge < -0.3 is 20.0 Å². The van der Waals surface area contributed by atoms with Crippen LogP contribution in [0.3, 0.4) is 0 Å². The number of carbonyl (C=O) groups excluding carboxylic acids is 3. The van der Waals surface area contributed by atoms with Gasteiger partial charge in [-0.1, -0.05) is 6.07 Å². The number of piperazine rings is 1. The average molecular weight is 332 g/mol. The molecule has 24 heavy (non-hydrogen) atoms. The van der Waals surface area contributed by atoms with Crippen LogP contribution in [0.15, 0.2) is 24.3 Å². The van der Waals surface area contributed by atoms with Crippen LogP contribution >= 0.6 is 0 Å². The molecule has 0 saturated carbocycles. The minimum absolute atomic E-state index is 0.129. The van der Waals surface area contributed by atoms with Crippen LogP contribution < -0.4 is 10.2 Å². The Balaban J connectivity index is 2.20. The second-order valence-corrected chi connectivity index (χ2v) is 6.04. The molecule has 0 bridgehead atoms. The Bertz CT molecular complexity index is 644. The molecule has 1 heterocycles. The monoisotopic (exact) mass is 332 g/mol. The zero-order chi connectivity index (χ0) is 17.9. The van der Waals surface area contributed by atoms with Crippen molar-refractivity contribution in [2.75, 3.05) is 45.7 Å². The lowest BCUT2D eigenvalue weighted by atomic mass is 10.1. The van der Waals surface area contributed by atoms with Gasteiger partial charge in [-0.05, 0) is 18.2 Å². The van der Waals surface area contributed by atoms with Gasteiger partial charge in [-0.25, -0.2) is 0 Å². The summed E-state index contributed by atoms with van der Waals surface area (Å²) in [6.45, 7) is 2.41. The van der Waals surface area contributed by atoms with E-state index in [4.69, 9.17) is 0 Å². The number of carbonyl (C=O) groups is 3. The molecule has 3 amide bonds. The summed E-state index contributed by atoms with van der Waals surface area (Å²) in [4.78, 5) is 41.7. The second-order valence-electron chi connectivity index (χ2n) is 6.04. The van der Waals surface area contributed by atoms with Crippen LogP contribution in [-0.2, 0) is 9.59 Å². The highest BCUT2D eigenvalue weighted by Gasteiger charge is 2.35.